The van der Waals surface area contributed by atoms with E-state index in [1.807, 2.05) is 23.1 Å². The average molecular weight is 274 g/mol. The number of nitrogens with zero attached hydrogens (tertiary/aromatic N) is 1. The molecule has 2 atom stereocenters. The van der Waals surface area contributed by atoms with Gasteiger partial charge in [0.05, 0.1) is 18.7 Å². The topological polar surface area (TPSA) is 55.6 Å². The van der Waals surface area contributed by atoms with Crippen molar-refractivity contribution in [2.24, 2.45) is 11.8 Å². The highest BCUT2D eigenvalue weighted by atomic mass is 16.5. The molecule has 2 fully saturated rings. The zero-order valence-electron chi connectivity index (χ0n) is 11.8. The molecule has 0 aromatic heterocycles. The van der Waals surface area contributed by atoms with E-state index in [4.69, 9.17) is 10.5 Å². The van der Waals surface area contributed by atoms with Crippen LogP contribution in [0, 0.1) is 11.8 Å². The summed E-state index contributed by atoms with van der Waals surface area (Å²) in [5.74, 6) is 2.39. The maximum absolute atomic E-state index is 12.2. The molecule has 2 unspecified atom stereocenters. The first-order valence-electron chi connectivity index (χ1n) is 7.49. The first-order chi connectivity index (χ1) is 9.74. The van der Waals surface area contributed by atoms with Crippen LogP contribution in [0.2, 0.25) is 0 Å². The van der Waals surface area contributed by atoms with Gasteiger partial charge in [0.1, 0.15) is 5.75 Å². The lowest BCUT2D eigenvalue weighted by atomic mass is 10.0. The van der Waals surface area contributed by atoms with E-state index < -0.39 is 0 Å². The smallest absolute Gasteiger partial charge is 0.226 e. The number of carbonyl (C=O) groups is 1. The van der Waals surface area contributed by atoms with E-state index in [0.29, 0.717) is 24.5 Å². The van der Waals surface area contributed by atoms with Crippen molar-refractivity contribution in [3.8, 4) is 5.75 Å². The van der Waals surface area contributed by atoms with Crippen LogP contribution in [-0.2, 0) is 4.79 Å². The lowest BCUT2D eigenvalue weighted by Gasteiger charge is -2.17. The SMILES string of the molecule is Nc1ccccc1OCCC(=O)N1CC2CCCC2C1. The minimum absolute atomic E-state index is 0.217. The van der Waals surface area contributed by atoms with E-state index >= 15 is 0 Å². The summed E-state index contributed by atoms with van der Waals surface area (Å²) < 4.78 is 5.59. The molecule has 20 heavy (non-hydrogen) atoms. The monoisotopic (exact) mass is 274 g/mol. The first kappa shape index (κ1) is 13.3. The summed E-state index contributed by atoms with van der Waals surface area (Å²) in [4.78, 5) is 14.2. The molecule has 0 bridgehead atoms. The third kappa shape index (κ3) is 2.74. The van der Waals surface area contributed by atoms with Crippen LogP contribution in [0.4, 0.5) is 5.69 Å². The molecule has 1 aromatic rings. The van der Waals surface area contributed by atoms with Gasteiger partial charge < -0.3 is 15.4 Å². The summed E-state index contributed by atoms with van der Waals surface area (Å²) in [6.07, 6.45) is 4.37. The predicted molar refractivity (Wildman–Crippen MR) is 78.4 cm³/mol. The van der Waals surface area contributed by atoms with Crippen LogP contribution in [-0.4, -0.2) is 30.5 Å². The van der Waals surface area contributed by atoms with Crippen molar-refractivity contribution in [1.82, 2.24) is 4.90 Å². The van der Waals surface area contributed by atoms with Crippen LogP contribution in [0.25, 0.3) is 0 Å². The molecule has 1 amide bonds. The number of ether oxygens (including phenoxy) is 1. The molecule has 1 aliphatic heterocycles. The van der Waals surface area contributed by atoms with Gasteiger partial charge in [-0.05, 0) is 36.8 Å². The third-order valence-electron chi connectivity index (χ3n) is 4.57. The Morgan fingerprint density at radius 3 is 2.65 bits per heavy atom. The Kier molecular flexibility index (Phi) is 3.81. The van der Waals surface area contributed by atoms with Crippen LogP contribution in [0.15, 0.2) is 24.3 Å². The Bertz CT molecular complexity index is 477. The van der Waals surface area contributed by atoms with Gasteiger partial charge in [0, 0.05) is 13.1 Å². The molecule has 4 heteroatoms. The lowest BCUT2D eigenvalue weighted by molar-refractivity contribution is -0.131. The predicted octanol–water partition coefficient (Wildman–Crippen LogP) is 2.30. The maximum atomic E-state index is 12.2. The highest BCUT2D eigenvalue weighted by molar-refractivity contribution is 5.76. The minimum Gasteiger partial charge on any atom is -0.491 e. The van der Waals surface area contributed by atoms with Gasteiger partial charge in [-0.3, -0.25) is 4.79 Å². The Labute approximate surface area is 119 Å². The maximum Gasteiger partial charge on any atom is 0.226 e. The Balaban J connectivity index is 1.45. The Morgan fingerprint density at radius 2 is 1.95 bits per heavy atom. The Morgan fingerprint density at radius 1 is 1.25 bits per heavy atom. The summed E-state index contributed by atoms with van der Waals surface area (Å²) >= 11 is 0. The number of nitrogen functional groups attached to an aromatic ring is 1. The van der Waals surface area contributed by atoms with Crippen molar-refractivity contribution in [3.05, 3.63) is 24.3 Å². The number of likely N-dealkylation sites (tertiary alicyclic amines) is 1. The molecule has 2 N–H and O–H groups in total. The average Bonchev–Trinajstić information content (AvgIpc) is 3.01. The second kappa shape index (κ2) is 5.73. The number of rotatable bonds is 4. The van der Waals surface area contributed by atoms with Crippen molar-refractivity contribution >= 4 is 11.6 Å². The zero-order chi connectivity index (χ0) is 13.9. The number of anilines is 1. The summed E-state index contributed by atoms with van der Waals surface area (Å²) in [5.41, 5.74) is 6.42. The molecule has 108 valence electrons. The number of nitrogens with two attached hydrogens (primary N) is 1. The van der Waals surface area contributed by atoms with E-state index in [2.05, 4.69) is 0 Å². The molecular formula is C16H22N2O2. The van der Waals surface area contributed by atoms with Crippen LogP contribution in [0.1, 0.15) is 25.7 Å². The fourth-order valence-electron chi connectivity index (χ4n) is 3.46. The molecule has 1 saturated carbocycles. The van der Waals surface area contributed by atoms with Crippen LogP contribution in [0.3, 0.4) is 0 Å². The second-order valence-electron chi connectivity index (χ2n) is 5.89. The minimum atomic E-state index is 0.217. The molecule has 0 radical (unpaired) electrons. The fraction of sp³-hybridized carbons (Fsp3) is 0.562. The Hall–Kier alpha value is -1.71. The van der Waals surface area contributed by atoms with E-state index in [1.54, 1.807) is 6.07 Å². The number of hydrogen-bond acceptors (Lipinski definition) is 3. The molecule has 1 saturated heterocycles. The number of hydrogen-bond donors (Lipinski definition) is 1. The van der Waals surface area contributed by atoms with Gasteiger partial charge in [-0.15, -0.1) is 0 Å². The van der Waals surface area contributed by atoms with Crippen LogP contribution >= 0.6 is 0 Å². The second-order valence-corrected chi connectivity index (χ2v) is 5.89. The number of benzene rings is 1. The quantitative estimate of drug-likeness (QED) is 0.857. The molecule has 1 aromatic carbocycles. The molecule has 3 rings (SSSR count). The van der Waals surface area contributed by atoms with Crippen molar-refractivity contribution in [1.29, 1.82) is 0 Å². The molecule has 1 aliphatic carbocycles. The highest BCUT2D eigenvalue weighted by Gasteiger charge is 2.37. The fourth-order valence-corrected chi connectivity index (χ4v) is 3.46. The van der Waals surface area contributed by atoms with Crippen molar-refractivity contribution < 1.29 is 9.53 Å². The number of fused-ring (bicyclic) bond motifs is 1. The first-order valence-corrected chi connectivity index (χ1v) is 7.49. The number of para-hydroxylation sites is 2. The van der Waals surface area contributed by atoms with Gasteiger partial charge in [-0.2, -0.15) is 0 Å². The van der Waals surface area contributed by atoms with Crippen LogP contribution < -0.4 is 10.5 Å². The van der Waals surface area contributed by atoms with Gasteiger partial charge in [-0.1, -0.05) is 18.6 Å². The number of amides is 1. The molecule has 0 spiro atoms. The normalized spacial score (nSPS) is 24.7. The third-order valence-corrected chi connectivity index (χ3v) is 4.57. The van der Waals surface area contributed by atoms with Crippen molar-refractivity contribution in [3.63, 3.8) is 0 Å². The molecular weight excluding hydrogens is 252 g/mol. The highest BCUT2D eigenvalue weighted by Crippen LogP contribution is 2.37. The summed E-state index contributed by atoms with van der Waals surface area (Å²) in [6.45, 7) is 2.31. The standard InChI is InChI=1S/C16H22N2O2/c17-14-6-1-2-7-15(14)20-9-8-16(19)18-10-12-4-3-5-13(12)11-18/h1-2,6-7,12-13H,3-5,8-11,17H2. The number of carbonyl (C=O) groups excluding carboxylic acids is 1. The van der Waals surface area contributed by atoms with Crippen LogP contribution in [0.5, 0.6) is 5.75 Å². The zero-order valence-corrected chi connectivity index (χ0v) is 11.8. The van der Waals surface area contributed by atoms with Gasteiger partial charge >= 0.3 is 0 Å². The van der Waals surface area contributed by atoms with Crippen molar-refractivity contribution in [2.45, 2.75) is 25.7 Å². The van der Waals surface area contributed by atoms with E-state index in [1.165, 1.54) is 19.3 Å². The summed E-state index contributed by atoms with van der Waals surface area (Å²) in [6, 6.07) is 7.39. The molecule has 4 nitrogen and oxygen atoms in total. The lowest BCUT2D eigenvalue weighted by Crippen LogP contribution is -2.30. The van der Waals surface area contributed by atoms with Gasteiger partial charge in [0.2, 0.25) is 5.91 Å². The van der Waals surface area contributed by atoms with Gasteiger partial charge in [-0.25, -0.2) is 0 Å². The molecule has 1 heterocycles. The van der Waals surface area contributed by atoms with E-state index in [9.17, 15) is 4.79 Å². The molecule has 2 aliphatic rings. The summed E-state index contributed by atoms with van der Waals surface area (Å²) in [7, 11) is 0. The summed E-state index contributed by atoms with van der Waals surface area (Å²) in [5, 5.41) is 0. The van der Waals surface area contributed by atoms with E-state index in [0.717, 1.165) is 24.9 Å². The largest absolute Gasteiger partial charge is 0.491 e. The van der Waals surface area contributed by atoms with Crippen molar-refractivity contribution in [2.75, 3.05) is 25.4 Å². The van der Waals surface area contributed by atoms with Gasteiger partial charge in [0.25, 0.3) is 0 Å². The van der Waals surface area contributed by atoms with Gasteiger partial charge in [0.15, 0.2) is 0 Å². The van der Waals surface area contributed by atoms with E-state index in [-0.39, 0.29) is 5.91 Å².